The Balaban J connectivity index is 2.56. The lowest BCUT2D eigenvalue weighted by molar-refractivity contribution is 0.126. The summed E-state index contributed by atoms with van der Waals surface area (Å²) in [5, 5.41) is 3.57. The van der Waals surface area contributed by atoms with Crippen molar-refractivity contribution in [2.45, 2.75) is 27.4 Å². The van der Waals surface area contributed by atoms with Crippen LogP contribution in [0.2, 0.25) is 0 Å². The van der Waals surface area contributed by atoms with E-state index < -0.39 is 11.6 Å². The number of hydrogen-bond acceptors (Lipinski definition) is 2. The quantitative estimate of drug-likeness (QED) is 0.572. The molecule has 0 aliphatic rings. The van der Waals surface area contributed by atoms with Gasteiger partial charge in [-0.25, -0.2) is 8.78 Å². The van der Waals surface area contributed by atoms with Gasteiger partial charge in [0.05, 0.1) is 0 Å². The van der Waals surface area contributed by atoms with E-state index in [-0.39, 0.29) is 17.6 Å². The number of rotatable bonds is 3. The van der Waals surface area contributed by atoms with E-state index in [9.17, 15) is 8.78 Å². The van der Waals surface area contributed by atoms with E-state index in [2.05, 4.69) is 11.4 Å². The molecule has 0 aliphatic carbocycles. The highest BCUT2D eigenvalue weighted by atomic mass is 19.2. The Bertz CT molecular complexity index is 383. The maximum atomic E-state index is 13.1. The zero-order chi connectivity index (χ0) is 12.2. The summed E-state index contributed by atoms with van der Waals surface area (Å²) in [7, 11) is 0. The lowest BCUT2D eigenvalue weighted by atomic mass is 10.00. The van der Waals surface area contributed by atoms with Crippen molar-refractivity contribution in [3.8, 4) is 0 Å². The molecule has 0 heterocycles. The van der Waals surface area contributed by atoms with Gasteiger partial charge in [-0.05, 0) is 6.07 Å². The number of hydrogen-bond donors (Lipinski definition) is 0. The minimum atomic E-state index is -0.895. The zero-order valence-corrected chi connectivity index (χ0v) is 9.55. The molecule has 87 valence electrons. The lowest BCUT2D eigenvalue weighted by Gasteiger charge is -2.08. The third-order valence-electron chi connectivity index (χ3n) is 1.70. The topological polar surface area (TPSA) is 21.6 Å². The molecule has 0 bridgehead atoms. The SMILES string of the molecule is CC(C)(C)/[C]=N\OCc1cccc(F)c1F. The molecule has 0 unspecified atom stereocenters. The highest BCUT2D eigenvalue weighted by molar-refractivity contribution is 5.63. The first-order valence-corrected chi connectivity index (χ1v) is 4.92. The Morgan fingerprint density at radius 1 is 1.31 bits per heavy atom. The van der Waals surface area contributed by atoms with Gasteiger partial charge in [-0.1, -0.05) is 38.1 Å². The molecule has 0 atom stereocenters. The van der Waals surface area contributed by atoms with E-state index in [0.29, 0.717) is 0 Å². The molecule has 16 heavy (non-hydrogen) atoms. The summed E-state index contributed by atoms with van der Waals surface area (Å²) in [5.74, 6) is -1.78. The van der Waals surface area contributed by atoms with Crippen LogP contribution in [0.5, 0.6) is 0 Å². The maximum absolute atomic E-state index is 13.1. The van der Waals surface area contributed by atoms with Crippen LogP contribution < -0.4 is 0 Å². The molecule has 0 saturated heterocycles. The Morgan fingerprint density at radius 3 is 2.62 bits per heavy atom. The van der Waals surface area contributed by atoms with Crippen LogP contribution in [0.1, 0.15) is 26.3 Å². The fraction of sp³-hybridized carbons (Fsp3) is 0.417. The van der Waals surface area contributed by atoms with Crippen LogP contribution in [0.3, 0.4) is 0 Å². The number of nitrogens with zero attached hydrogens (tertiary/aromatic N) is 1. The van der Waals surface area contributed by atoms with Gasteiger partial charge >= 0.3 is 0 Å². The fourth-order valence-corrected chi connectivity index (χ4v) is 0.931. The van der Waals surface area contributed by atoms with Crippen LogP contribution in [0.4, 0.5) is 8.78 Å². The first-order chi connectivity index (χ1) is 7.40. The van der Waals surface area contributed by atoms with Crippen LogP contribution >= 0.6 is 0 Å². The minimum Gasteiger partial charge on any atom is -0.391 e. The summed E-state index contributed by atoms with van der Waals surface area (Å²) >= 11 is 0. The van der Waals surface area contributed by atoms with Crippen molar-refractivity contribution in [2.24, 2.45) is 10.6 Å². The van der Waals surface area contributed by atoms with E-state index in [1.165, 1.54) is 12.1 Å². The van der Waals surface area contributed by atoms with Gasteiger partial charge < -0.3 is 4.84 Å². The predicted octanol–water partition coefficient (Wildman–Crippen LogP) is 3.39. The molecule has 0 aromatic heterocycles. The van der Waals surface area contributed by atoms with Gasteiger partial charge in [-0.3, -0.25) is 0 Å². The third-order valence-corrected chi connectivity index (χ3v) is 1.70. The Hall–Kier alpha value is -1.45. The van der Waals surface area contributed by atoms with Crippen molar-refractivity contribution in [1.82, 2.24) is 0 Å². The molecule has 4 heteroatoms. The molecule has 1 aromatic carbocycles. The predicted molar refractivity (Wildman–Crippen MR) is 58.0 cm³/mol. The van der Waals surface area contributed by atoms with E-state index in [1.54, 1.807) is 0 Å². The van der Waals surface area contributed by atoms with Gasteiger partial charge in [0.15, 0.2) is 11.6 Å². The van der Waals surface area contributed by atoms with Crippen molar-refractivity contribution >= 4 is 6.21 Å². The molecular weight excluding hydrogens is 212 g/mol. The summed E-state index contributed by atoms with van der Waals surface area (Å²) < 4.78 is 25.9. The standard InChI is InChI=1S/C12H14F2NO/c1-12(2,3)8-15-16-7-9-5-4-6-10(13)11(9)14/h4-6H,7H2,1-3H3. The zero-order valence-electron chi connectivity index (χ0n) is 9.55. The normalized spacial score (nSPS) is 12.1. The fourth-order valence-electron chi connectivity index (χ4n) is 0.931. The smallest absolute Gasteiger partial charge is 0.165 e. The minimum absolute atomic E-state index is 0.104. The molecule has 0 amide bonds. The van der Waals surface area contributed by atoms with Crippen molar-refractivity contribution in [3.05, 3.63) is 35.4 Å². The van der Waals surface area contributed by atoms with E-state index in [0.717, 1.165) is 6.07 Å². The Labute approximate surface area is 93.9 Å². The second-order valence-corrected chi connectivity index (χ2v) is 4.44. The highest BCUT2D eigenvalue weighted by Gasteiger charge is 2.09. The average molecular weight is 226 g/mol. The van der Waals surface area contributed by atoms with Gasteiger partial charge in [0.25, 0.3) is 0 Å². The van der Waals surface area contributed by atoms with Crippen LogP contribution in [0.25, 0.3) is 0 Å². The summed E-state index contributed by atoms with van der Waals surface area (Å²) in [4.78, 5) is 4.84. The van der Waals surface area contributed by atoms with Crippen LogP contribution in [-0.4, -0.2) is 6.21 Å². The lowest BCUT2D eigenvalue weighted by Crippen LogP contribution is -2.06. The second-order valence-electron chi connectivity index (χ2n) is 4.44. The van der Waals surface area contributed by atoms with Gasteiger partial charge in [0.2, 0.25) is 0 Å². The second kappa shape index (κ2) is 5.05. The largest absolute Gasteiger partial charge is 0.391 e. The van der Waals surface area contributed by atoms with E-state index in [4.69, 9.17) is 4.84 Å². The molecule has 0 aliphatic heterocycles. The molecule has 1 radical (unpaired) electrons. The molecule has 1 aromatic rings. The summed E-state index contributed by atoms with van der Waals surface area (Å²) in [6.07, 6.45) is 2.71. The average Bonchev–Trinajstić information content (AvgIpc) is 2.17. The van der Waals surface area contributed by atoms with Gasteiger partial charge in [0, 0.05) is 11.0 Å². The van der Waals surface area contributed by atoms with Crippen LogP contribution in [0.15, 0.2) is 23.4 Å². The van der Waals surface area contributed by atoms with Gasteiger partial charge in [-0.2, -0.15) is 0 Å². The van der Waals surface area contributed by atoms with Crippen molar-refractivity contribution in [2.75, 3.05) is 0 Å². The molecule has 0 spiro atoms. The van der Waals surface area contributed by atoms with E-state index >= 15 is 0 Å². The molecule has 1 rings (SSSR count). The molecular formula is C12H14F2NO. The molecule has 0 saturated carbocycles. The number of benzene rings is 1. The molecule has 0 fully saturated rings. The highest BCUT2D eigenvalue weighted by Crippen LogP contribution is 2.13. The van der Waals surface area contributed by atoms with Crippen molar-refractivity contribution in [1.29, 1.82) is 0 Å². The van der Waals surface area contributed by atoms with Crippen LogP contribution in [-0.2, 0) is 11.4 Å². The van der Waals surface area contributed by atoms with Gasteiger partial charge in [0.1, 0.15) is 12.8 Å². The monoisotopic (exact) mass is 226 g/mol. The summed E-state index contributed by atoms with van der Waals surface area (Å²) in [6.45, 7) is 5.61. The maximum Gasteiger partial charge on any atom is 0.165 e. The van der Waals surface area contributed by atoms with Crippen molar-refractivity contribution in [3.63, 3.8) is 0 Å². The third kappa shape index (κ3) is 3.96. The van der Waals surface area contributed by atoms with Crippen LogP contribution in [0, 0.1) is 17.0 Å². The van der Waals surface area contributed by atoms with E-state index in [1.807, 2.05) is 20.8 Å². The number of halogens is 2. The Kier molecular flexibility index (Phi) is 3.99. The van der Waals surface area contributed by atoms with Crippen molar-refractivity contribution < 1.29 is 13.6 Å². The molecule has 0 N–H and O–H groups in total. The van der Waals surface area contributed by atoms with Gasteiger partial charge in [-0.15, -0.1) is 0 Å². The summed E-state index contributed by atoms with van der Waals surface area (Å²) in [5.41, 5.74) is -0.0834. The molecule has 2 nitrogen and oxygen atoms in total. The first-order valence-electron chi connectivity index (χ1n) is 4.92. The summed E-state index contributed by atoms with van der Waals surface area (Å²) in [6, 6.07) is 3.93. The Morgan fingerprint density at radius 2 is 2.00 bits per heavy atom. The first kappa shape index (κ1) is 12.6.